The molecule has 436 valence electrons. The number of allylic oxidation sites excluding steroid dienone is 19. The second-order valence-electron chi connectivity index (χ2n) is 21.8. The fraction of sp³-hybridized carbons (Fsp3) is 0.708. The van der Waals surface area contributed by atoms with Crippen molar-refractivity contribution in [2.24, 2.45) is 0 Å². The summed E-state index contributed by atoms with van der Waals surface area (Å²) >= 11 is 0. The van der Waals surface area contributed by atoms with Gasteiger partial charge in [-0.3, -0.25) is 4.79 Å². The summed E-state index contributed by atoms with van der Waals surface area (Å²) < 4.78 is 0. The number of amides is 1. The first-order valence-corrected chi connectivity index (χ1v) is 32.7. The molecule has 1 amide bonds. The summed E-state index contributed by atoms with van der Waals surface area (Å²) in [5.41, 5.74) is 0. The Balaban J connectivity index is 3.55. The van der Waals surface area contributed by atoms with Gasteiger partial charge >= 0.3 is 0 Å². The first-order chi connectivity index (χ1) is 37.7. The number of unbranched alkanes of at least 4 members (excludes halogenated alkanes) is 34. The van der Waals surface area contributed by atoms with E-state index in [-0.39, 0.29) is 12.5 Å². The van der Waals surface area contributed by atoms with Crippen molar-refractivity contribution in [1.82, 2.24) is 5.32 Å². The van der Waals surface area contributed by atoms with Crippen LogP contribution in [0.3, 0.4) is 0 Å². The first-order valence-electron chi connectivity index (χ1n) is 32.7. The molecule has 2 atom stereocenters. The van der Waals surface area contributed by atoms with Gasteiger partial charge in [0, 0.05) is 6.42 Å². The van der Waals surface area contributed by atoms with Gasteiger partial charge in [-0.05, 0) is 89.9 Å². The zero-order valence-corrected chi connectivity index (χ0v) is 50.2. The normalized spacial score (nSPS) is 13.6. The van der Waals surface area contributed by atoms with Crippen LogP contribution in [0.1, 0.15) is 309 Å². The molecule has 76 heavy (non-hydrogen) atoms. The molecular formula is C72H125NO3. The van der Waals surface area contributed by atoms with Crippen molar-refractivity contribution < 1.29 is 15.0 Å². The van der Waals surface area contributed by atoms with Crippen LogP contribution in [0, 0.1) is 0 Å². The molecule has 2 unspecified atom stereocenters. The molecule has 4 nitrogen and oxygen atoms in total. The molecular weight excluding hydrogens is 927 g/mol. The molecule has 0 aromatic carbocycles. The van der Waals surface area contributed by atoms with Crippen LogP contribution in [0.25, 0.3) is 0 Å². The maximum Gasteiger partial charge on any atom is 0.220 e. The van der Waals surface area contributed by atoms with Crippen LogP contribution in [-0.2, 0) is 4.79 Å². The lowest BCUT2D eigenvalue weighted by Crippen LogP contribution is -2.45. The van der Waals surface area contributed by atoms with E-state index in [1.165, 1.54) is 205 Å². The second kappa shape index (κ2) is 66.1. The van der Waals surface area contributed by atoms with E-state index in [2.05, 4.69) is 129 Å². The van der Waals surface area contributed by atoms with E-state index in [0.717, 1.165) is 83.5 Å². The summed E-state index contributed by atoms with van der Waals surface area (Å²) in [5, 5.41) is 23.3. The summed E-state index contributed by atoms with van der Waals surface area (Å²) in [4.78, 5) is 12.5. The van der Waals surface area contributed by atoms with Crippen LogP contribution in [-0.4, -0.2) is 34.9 Å². The Kier molecular flexibility index (Phi) is 63.3. The van der Waals surface area contributed by atoms with E-state index in [1.54, 1.807) is 6.08 Å². The molecule has 0 aliphatic carbocycles. The van der Waals surface area contributed by atoms with Crippen LogP contribution in [0.5, 0.6) is 0 Å². The Hall–Kier alpha value is -3.21. The van der Waals surface area contributed by atoms with E-state index in [1.807, 2.05) is 6.08 Å². The van der Waals surface area contributed by atoms with E-state index in [9.17, 15) is 15.0 Å². The number of carbonyl (C=O) groups is 1. The summed E-state index contributed by atoms with van der Waals surface area (Å²) in [5.74, 6) is -0.0662. The average Bonchev–Trinajstić information content (AvgIpc) is 3.42. The topological polar surface area (TPSA) is 69.6 Å². The quantitative estimate of drug-likeness (QED) is 0.0420. The highest BCUT2D eigenvalue weighted by molar-refractivity contribution is 5.76. The van der Waals surface area contributed by atoms with Crippen LogP contribution in [0.4, 0.5) is 0 Å². The minimum Gasteiger partial charge on any atom is -0.394 e. The lowest BCUT2D eigenvalue weighted by atomic mass is 10.0. The van der Waals surface area contributed by atoms with Gasteiger partial charge in [0.15, 0.2) is 0 Å². The standard InChI is InChI=1S/C72H125NO3/c1-3-5-7-9-11-13-15-17-19-21-23-25-27-28-29-30-31-32-33-34-35-36-37-38-39-40-41-42-43-44-46-48-50-52-54-56-58-60-62-64-66-68-72(76)73-70(69-74)71(75)67-65-63-61-59-57-55-53-51-49-47-45-26-24-22-20-18-16-14-12-10-8-6-4-2/h5,7,11,13,17,19,23,25,28-29,31-32,34-35,37-38,40-41,65,67,70-71,74-75H,3-4,6,8-10,12,14-16,18,20-22,24,26-27,30,33,36,39,42-64,66,68-69H2,1-2H3,(H,73,76)/b7-5-,13-11-,19-17-,25-23-,29-28-,32-31-,35-34-,38-37-,41-40-,67-65+. The molecule has 0 aromatic heterocycles. The molecule has 0 saturated heterocycles. The maximum absolute atomic E-state index is 12.5. The molecule has 0 rings (SSSR count). The van der Waals surface area contributed by atoms with Gasteiger partial charge in [0.25, 0.3) is 0 Å². The third-order valence-corrected chi connectivity index (χ3v) is 14.5. The van der Waals surface area contributed by atoms with Crippen LogP contribution in [0.15, 0.2) is 122 Å². The summed E-state index contributed by atoms with van der Waals surface area (Å²) in [7, 11) is 0. The fourth-order valence-corrected chi connectivity index (χ4v) is 9.53. The molecule has 4 heteroatoms. The van der Waals surface area contributed by atoms with Gasteiger partial charge in [-0.1, -0.05) is 334 Å². The molecule has 0 fully saturated rings. The Bertz CT molecular complexity index is 1470. The number of aliphatic hydroxyl groups is 2. The summed E-state index contributed by atoms with van der Waals surface area (Å²) in [6.07, 6.45) is 101. The Labute approximate surface area is 473 Å². The highest BCUT2D eigenvalue weighted by Crippen LogP contribution is 2.17. The first kappa shape index (κ1) is 72.8. The van der Waals surface area contributed by atoms with Crippen molar-refractivity contribution in [3.8, 4) is 0 Å². The number of hydrogen-bond acceptors (Lipinski definition) is 3. The molecule has 0 radical (unpaired) electrons. The highest BCUT2D eigenvalue weighted by Gasteiger charge is 2.18. The minimum absolute atomic E-state index is 0.0662. The number of aliphatic hydroxyl groups excluding tert-OH is 2. The van der Waals surface area contributed by atoms with Crippen molar-refractivity contribution in [3.05, 3.63) is 122 Å². The molecule has 0 heterocycles. The number of nitrogens with one attached hydrogen (secondary N) is 1. The van der Waals surface area contributed by atoms with Gasteiger partial charge in [-0.2, -0.15) is 0 Å². The summed E-state index contributed by atoms with van der Waals surface area (Å²) in [6, 6.07) is -0.631. The Morgan fingerprint density at radius 2 is 0.579 bits per heavy atom. The zero-order chi connectivity index (χ0) is 54.8. The van der Waals surface area contributed by atoms with Crippen LogP contribution in [0.2, 0.25) is 0 Å². The fourth-order valence-electron chi connectivity index (χ4n) is 9.53. The van der Waals surface area contributed by atoms with Gasteiger partial charge in [-0.15, -0.1) is 0 Å². The van der Waals surface area contributed by atoms with E-state index in [0.29, 0.717) is 6.42 Å². The highest BCUT2D eigenvalue weighted by atomic mass is 16.3. The van der Waals surface area contributed by atoms with Gasteiger partial charge in [0.1, 0.15) is 0 Å². The van der Waals surface area contributed by atoms with Crippen LogP contribution < -0.4 is 5.32 Å². The van der Waals surface area contributed by atoms with Crippen molar-refractivity contribution in [2.45, 2.75) is 321 Å². The van der Waals surface area contributed by atoms with E-state index >= 15 is 0 Å². The van der Waals surface area contributed by atoms with Gasteiger partial charge in [0.2, 0.25) is 5.91 Å². The summed E-state index contributed by atoms with van der Waals surface area (Å²) in [6.45, 7) is 4.21. The zero-order valence-electron chi connectivity index (χ0n) is 50.2. The number of rotatable bonds is 59. The lowest BCUT2D eigenvalue weighted by Gasteiger charge is -2.20. The third-order valence-electron chi connectivity index (χ3n) is 14.5. The molecule has 0 aliphatic heterocycles. The minimum atomic E-state index is -0.847. The molecule has 3 N–H and O–H groups in total. The number of carbonyl (C=O) groups excluding carboxylic acids is 1. The lowest BCUT2D eigenvalue weighted by molar-refractivity contribution is -0.123. The predicted octanol–water partition coefficient (Wildman–Crippen LogP) is 22.4. The molecule has 0 aliphatic rings. The number of hydrogen-bond donors (Lipinski definition) is 3. The second-order valence-corrected chi connectivity index (χ2v) is 21.8. The van der Waals surface area contributed by atoms with E-state index < -0.39 is 12.1 Å². The monoisotopic (exact) mass is 1050 g/mol. The molecule has 0 saturated carbocycles. The third kappa shape index (κ3) is 61.6. The smallest absolute Gasteiger partial charge is 0.220 e. The largest absolute Gasteiger partial charge is 0.394 e. The molecule has 0 spiro atoms. The molecule has 0 bridgehead atoms. The molecule has 0 aromatic rings. The SMILES string of the molecule is CC/C=C\C/C=C\C/C=C\C/C=C\C/C=C\C/C=C\C/C=C\C/C=C\C/C=C\CCCCCCCCCCCCCCCC(=O)NC(CO)C(O)/C=C/CCCCCCCCCCCCCCCCCCCCCCC. The van der Waals surface area contributed by atoms with Crippen molar-refractivity contribution >= 4 is 5.91 Å². The van der Waals surface area contributed by atoms with Crippen molar-refractivity contribution in [1.29, 1.82) is 0 Å². The Morgan fingerprint density at radius 1 is 0.329 bits per heavy atom. The predicted molar refractivity (Wildman–Crippen MR) is 340 cm³/mol. The van der Waals surface area contributed by atoms with Crippen molar-refractivity contribution in [2.75, 3.05) is 6.61 Å². The van der Waals surface area contributed by atoms with Gasteiger partial charge < -0.3 is 15.5 Å². The van der Waals surface area contributed by atoms with Gasteiger partial charge in [0.05, 0.1) is 18.8 Å². The van der Waals surface area contributed by atoms with E-state index in [4.69, 9.17) is 0 Å². The van der Waals surface area contributed by atoms with Gasteiger partial charge in [-0.25, -0.2) is 0 Å². The maximum atomic E-state index is 12.5. The Morgan fingerprint density at radius 3 is 0.868 bits per heavy atom. The van der Waals surface area contributed by atoms with Crippen molar-refractivity contribution in [3.63, 3.8) is 0 Å². The average molecular weight is 1050 g/mol. The van der Waals surface area contributed by atoms with Crippen LogP contribution >= 0.6 is 0 Å².